The Morgan fingerprint density at radius 3 is 2.50 bits per heavy atom. The van der Waals surface area contributed by atoms with Gasteiger partial charge in [-0.1, -0.05) is 19.8 Å². The van der Waals surface area contributed by atoms with E-state index >= 15 is 0 Å². The van der Waals surface area contributed by atoms with E-state index < -0.39 is 17.5 Å². The Hall–Kier alpha value is -2.31. The first-order valence-corrected chi connectivity index (χ1v) is 8.05. The number of nitrogens with one attached hydrogen (secondary N) is 3. The van der Waals surface area contributed by atoms with E-state index in [0.717, 1.165) is 19.3 Å². The molecule has 1 aromatic rings. The second kappa shape index (κ2) is 9.10. The van der Waals surface area contributed by atoms with Gasteiger partial charge in [-0.05, 0) is 45.4 Å². The second-order valence-corrected chi connectivity index (χ2v) is 6.41. The van der Waals surface area contributed by atoms with Gasteiger partial charge in [0.05, 0.1) is 5.69 Å². The van der Waals surface area contributed by atoms with E-state index in [-0.39, 0.29) is 11.7 Å². The Balaban J connectivity index is 2.62. The first-order valence-electron chi connectivity index (χ1n) is 8.05. The highest BCUT2D eigenvalue weighted by Gasteiger charge is 2.17. The summed E-state index contributed by atoms with van der Waals surface area (Å²) in [6, 6.07) is 3.55. The molecule has 0 atom stereocenters. The maximum absolute atomic E-state index is 13.8. The van der Waals surface area contributed by atoms with E-state index in [2.05, 4.69) is 22.9 Å². The van der Waals surface area contributed by atoms with Gasteiger partial charge in [0.25, 0.3) is 0 Å². The highest BCUT2D eigenvalue weighted by Crippen LogP contribution is 2.20. The quantitative estimate of drug-likeness (QED) is 0.668. The fourth-order valence-corrected chi connectivity index (χ4v) is 1.86. The second-order valence-electron chi connectivity index (χ2n) is 6.41. The van der Waals surface area contributed by atoms with Crippen LogP contribution in [0.3, 0.4) is 0 Å². The Labute approximate surface area is 142 Å². The number of anilines is 2. The van der Waals surface area contributed by atoms with Crippen molar-refractivity contribution in [2.75, 3.05) is 17.2 Å². The molecule has 134 valence electrons. The molecule has 24 heavy (non-hydrogen) atoms. The summed E-state index contributed by atoms with van der Waals surface area (Å²) in [7, 11) is 0. The third kappa shape index (κ3) is 7.80. The van der Waals surface area contributed by atoms with Crippen molar-refractivity contribution in [2.24, 2.45) is 0 Å². The molecule has 0 saturated heterocycles. The van der Waals surface area contributed by atoms with Crippen molar-refractivity contribution in [1.82, 2.24) is 5.32 Å². The van der Waals surface area contributed by atoms with E-state index in [0.29, 0.717) is 12.2 Å². The fraction of sp³-hybridized carbons (Fsp3) is 0.529. The molecule has 6 nitrogen and oxygen atoms in total. The average Bonchev–Trinajstić information content (AvgIpc) is 2.45. The van der Waals surface area contributed by atoms with Gasteiger partial charge in [0, 0.05) is 12.2 Å². The molecular weight excluding hydrogens is 313 g/mol. The van der Waals surface area contributed by atoms with E-state index in [1.807, 2.05) is 0 Å². The molecule has 0 radical (unpaired) electrons. The van der Waals surface area contributed by atoms with Crippen LogP contribution in [0.2, 0.25) is 0 Å². The number of benzene rings is 1. The van der Waals surface area contributed by atoms with Gasteiger partial charge in [-0.3, -0.25) is 5.32 Å². The van der Waals surface area contributed by atoms with Crippen LogP contribution < -0.4 is 16.0 Å². The zero-order valence-corrected chi connectivity index (χ0v) is 14.7. The van der Waals surface area contributed by atoms with Crippen LogP contribution in [0.1, 0.15) is 47.0 Å². The summed E-state index contributed by atoms with van der Waals surface area (Å²) in [6.45, 7) is 7.79. The van der Waals surface area contributed by atoms with Gasteiger partial charge >= 0.3 is 12.1 Å². The maximum atomic E-state index is 13.8. The van der Waals surface area contributed by atoms with Crippen molar-refractivity contribution in [3.8, 4) is 0 Å². The Morgan fingerprint density at radius 2 is 1.88 bits per heavy atom. The van der Waals surface area contributed by atoms with Gasteiger partial charge in [0.2, 0.25) is 0 Å². The molecule has 0 heterocycles. The van der Waals surface area contributed by atoms with Gasteiger partial charge in [-0.2, -0.15) is 0 Å². The molecule has 0 unspecified atom stereocenters. The van der Waals surface area contributed by atoms with Crippen LogP contribution in [-0.4, -0.2) is 24.3 Å². The standard InChI is InChI=1S/C17H26FN3O3/c1-5-6-7-10-19-15(22)20-12-8-9-13(18)14(11-12)21-16(23)24-17(2,3)4/h8-9,11H,5-7,10H2,1-4H3,(H,21,23)(H2,19,20,22). The molecule has 0 saturated carbocycles. The normalized spacial score (nSPS) is 10.9. The molecule has 0 spiro atoms. The molecule has 7 heteroatoms. The molecule has 1 rings (SSSR count). The molecule has 3 N–H and O–H groups in total. The molecule has 1 aromatic carbocycles. The summed E-state index contributed by atoms with van der Waals surface area (Å²) in [4.78, 5) is 23.5. The third-order valence-corrected chi connectivity index (χ3v) is 2.93. The average molecular weight is 339 g/mol. The number of carbonyl (C=O) groups is 2. The number of unbranched alkanes of at least 4 members (excludes halogenated alkanes) is 2. The Morgan fingerprint density at radius 1 is 1.17 bits per heavy atom. The number of urea groups is 1. The zero-order chi connectivity index (χ0) is 18.2. The molecule has 0 bridgehead atoms. The van der Waals surface area contributed by atoms with Crippen LogP contribution in [0, 0.1) is 5.82 Å². The topological polar surface area (TPSA) is 79.5 Å². The molecule has 0 aliphatic rings. The summed E-state index contributed by atoms with van der Waals surface area (Å²) in [5.74, 6) is -0.616. The molecule has 0 aliphatic carbocycles. The predicted octanol–water partition coefficient (Wildman–Crippen LogP) is 4.48. The van der Waals surface area contributed by atoms with Crippen LogP contribution in [0.15, 0.2) is 18.2 Å². The van der Waals surface area contributed by atoms with Crippen molar-refractivity contribution in [1.29, 1.82) is 0 Å². The number of ether oxygens (including phenoxy) is 1. The third-order valence-electron chi connectivity index (χ3n) is 2.93. The molecule has 0 aliphatic heterocycles. The number of hydrogen-bond donors (Lipinski definition) is 3. The largest absolute Gasteiger partial charge is 0.444 e. The minimum atomic E-state index is -0.762. The number of halogens is 1. The molecule has 3 amide bonds. The molecule has 0 fully saturated rings. The Kier molecular flexibility index (Phi) is 7.48. The smallest absolute Gasteiger partial charge is 0.412 e. The first-order chi connectivity index (χ1) is 11.2. The van der Waals surface area contributed by atoms with Gasteiger partial charge in [-0.15, -0.1) is 0 Å². The summed E-state index contributed by atoms with van der Waals surface area (Å²) in [6.07, 6.45) is 2.25. The highest BCUT2D eigenvalue weighted by atomic mass is 19.1. The van der Waals surface area contributed by atoms with Crippen LogP contribution in [-0.2, 0) is 4.74 Å². The van der Waals surface area contributed by atoms with Gasteiger partial charge in [-0.25, -0.2) is 14.0 Å². The minimum absolute atomic E-state index is 0.0620. The van der Waals surface area contributed by atoms with Crippen LogP contribution in [0.4, 0.5) is 25.4 Å². The fourth-order valence-electron chi connectivity index (χ4n) is 1.86. The predicted molar refractivity (Wildman–Crippen MR) is 92.8 cm³/mol. The van der Waals surface area contributed by atoms with Gasteiger partial charge < -0.3 is 15.4 Å². The summed E-state index contributed by atoms with van der Waals surface area (Å²) < 4.78 is 18.9. The lowest BCUT2D eigenvalue weighted by molar-refractivity contribution is 0.0635. The highest BCUT2D eigenvalue weighted by molar-refractivity contribution is 5.91. The number of carbonyl (C=O) groups excluding carboxylic acids is 2. The summed E-state index contributed by atoms with van der Waals surface area (Å²) in [5, 5.41) is 7.65. The van der Waals surface area contributed by atoms with Crippen LogP contribution in [0.25, 0.3) is 0 Å². The van der Waals surface area contributed by atoms with Crippen molar-refractivity contribution in [2.45, 2.75) is 52.6 Å². The molecule has 0 aromatic heterocycles. The first kappa shape index (κ1) is 19.7. The maximum Gasteiger partial charge on any atom is 0.412 e. The van der Waals surface area contributed by atoms with E-state index in [1.165, 1.54) is 18.2 Å². The van der Waals surface area contributed by atoms with Crippen molar-refractivity contribution < 1.29 is 18.7 Å². The number of amides is 3. The Bertz CT molecular complexity index is 571. The monoisotopic (exact) mass is 339 g/mol. The van der Waals surface area contributed by atoms with E-state index in [9.17, 15) is 14.0 Å². The minimum Gasteiger partial charge on any atom is -0.444 e. The molecular formula is C17H26FN3O3. The van der Waals surface area contributed by atoms with Crippen molar-refractivity contribution in [3.05, 3.63) is 24.0 Å². The zero-order valence-electron chi connectivity index (χ0n) is 14.7. The van der Waals surface area contributed by atoms with E-state index in [1.54, 1.807) is 20.8 Å². The lowest BCUT2D eigenvalue weighted by atomic mass is 10.2. The SMILES string of the molecule is CCCCCNC(=O)Nc1ccc(F)c(NC(=O)OC(C)(C)C)c1. The lowest BCUT2D eigenvalue weighted by Crippen LogP contribution is -2.29. The van der Waals surface area contributed by atoms with Crippen LogP contribution >= 0.6 is 0 Å². The van der Waals surface area contributed by atoms with E-state index in [4.69, 9.17) is 4.74 Å². The van der Waals surface area contributed by atoms with Gasteiger partial charge in [0.1, 0.15) is 11.4 Å². The van der Waals surface area contributed by atoms with Crippen molar-refractivity contribution in [3.63, 3.8) is 0 Å². The van der Waals surface area contributed by atoms with Crippen molar-refractivity contribution >= 4 is 23.5 Å². The summed E-state index contributed by atoms with van der Waals surface area (Å²) in [5.41, 5.74) is -0.377. The summed E-state index contributed by atoms with van der Waals surface area (Å²) >= 11 is 0. The van der Waals surface area contributed by atoms with Crippen LogP contribution in [0.5, 0.6) is 0 Å². The number of rotatable bonds is 6. The number of hydrogen-bond acceptors (Lipinski definition) is 3. The van der Waals surface area contributed by atoms with Gasteiger partial charge in [0.15, 0.2) is 0 Å². The lowest BCUT2D eigenvalue weighted by Gasteiger charge is -2.20.